The molecule has 1 aliphatic rings. The molecule has 1 heterocycles. The zero-order valence-electron chi connectivity index (χ0n) is 15.1. The second-order valence-electron chi connectivity index (χ2n) is 6.63. The van der Waals surface area contributed by atoms with E-state index in [-0.39, 0.29) is 18.8 Å². The molecule has 2 aromatic rings. The summed E-state index contributed by atoms with van der Waals surface area (Å²) in [7, 11) is -3.59. The topological polar surface area (TPSA) is 55.8 Å². The molecule has 5 nitrogen and oxygen atoms in total. The third kappa shape index (κ3) is 5.39. The number of halogens is 3. The first kappa shape index (κ1) is 20.5. The van der Waals surface area contributed by atoms with Gasteiger partial charge in [0.25, 0.3) is 10.1 Å². The Labute approximate surface area is 161 Å². The van der Waals surface area contributed by atoms with Crippen LogP contribution in [0.4, 0.5) is 18.9 Å². The van der Waals surface area contributed by atoms with Gasteiger partial charge in [-0.25, -0.2) is 0 Å². The summed E-state index contributed by atoms with van der Waals surface area (Å²) >= 11 is 0. The maximum atomic E-state index is 12.7. The summed E-state index contributed by atoms with van der Waals surface area (Å²) in [6.07, 6.45) is -3.24. The molecule has 28 heavy (non-hydrogen) atoms. The highest BCUT2D eigenvalue weighted by atomic mass is 32.2. The summed E-state index contributed by atoms with van der Waals surface area (Å²) in [6.45, 7) is 0.434. The molecule has 0 N–H and O–H groups in total. The Kier molecular flexibility index (Phi) is 5.85. The van der Waals surface area contributed by atoms with Gasteiger partial charge in [-0.05, 0) is 36.4 Å². The third-order valence-electron chi connectivity index (χ3n) is 4.42. The molecule has 1 fully saturated rings. The number of ether oxygens (including phenoxy) is 1. The molecule has 0 spiro atoms. The number of rotatable bonds is 6. The predicted molar refractivity (Wildman–Crippen MR) is 98.8 cm³/mol. The van der Waals surface area contributed by atoms with Crippen LogP contribution in [-0.4, -0.2) is 40.0 Å². The molecule has 0 amide bonds. The number of benzene rings is 2. The average molecular weight is 415 g/mol. The van der Waals surface area contributed by atoms with Crippen LogP contribution >= 0.6 is 0 Å². The van der Waals surface area contributed by atoms with Crippen LogP contribution in [0.3, 0.4) is 0 Å². The molecule has 0 bridgehead atoms. The maximum absolute atomic E-state index is 12.7. The lowest BCUT2D eigenvalue weighted by atomic mass is 10.2. The molecular weight excluding hydrogens is 395 g/mol. The van der Waals surface area contributed by atoms with E-state index in [4.69, 9.17) is 8.92 Å². The lowest BCUT2D eigenvalue weighted by molar-refractivity contribution is -0.137. The Balaban J connectivity index is 1.72. The Bertz CT molecular complexity index is 886. The normalized spacial score (nSPS) is 20.4. The molecule has 1 saturated heterocycles. The fourth-order valence-corrected chi connectivity index (χ4v) is 3.57. The maximum Gasteiger partial charge on any atom is 0.416 e. The molecule has 3 rings (SSSR count). The highest BCUT2D eigenvalue weighted by Crippen LogP contribution is 2.32. The van der Waals surface area contributed by atoms with Crippen molar-refractivity contribution in [2.45, 2.75) is 24.7 Å². The average Bonchev–Trinajstić information content (AvgIpc) is 3.03. The minimum atomic E-state index is -4.40. The first-order valence-electron chi connectivity index (χ1n) is 8.62. The second-order valence-corrected chi connectivity index (χ2v) is 8.27. The van der Waals surface area contributed by atoms with Gasteiger partial charge in [-0.3, -0.25) is 4.18 Å². The van der Waals surface area contributed by atoms with E-state index in [9.17, 15) is 21.6 Å². The van der Waals surface area contributed by atoms with E-state index >= 15 is 0 Å². The van der Waals surface area contributed by atoms with Gasteiger partial charge < -0.3 is 9.64 Å². The van der Waals surface area contributed by atoms with Gasteiger partial charge in [0.1, 0.15) is 11.9 Å². The van der Waals surface area contributed by atoms with E-state index in [1.54, 1.807) is 0 Å². The number of nitrogens with zero attached hydrogens (tertiary/aromatic N) is 1. The third-order valence-corrected chi connectivity index (χ3v) is 4.99. The zero-order chi connectivity index (χ0) is 20.4. The summed E-state index contributed by atoms with van der Waals surface area (Å²) in [5.74, 6) is 0.329. The van der Waals surface area contributed by atoms with Gasteiger partial charge in [-0.1, -0.05) is 18.2 Å². The molecule has 0 unspecified atom stereocenters. The summed E-state index contributed by atoms with van der Waals surface area (Å²) in [5, 5.41) is 0. The molecule has 1 aliphatic heterocycles. The number of hydrogen-bond acceptors (Lipinski definition) is 5. The van der Waals surface area contributed by atoms with Crippen molar-refractivity contribution in [3.63, 3.8) is 0 Å². The molecular formula is C19H20F3NO4S. The summed E-state index contributed by atoms with van der Waals surface area (Å²) in [6, 6.07) is 13.7. The van der Waals surface area contributed by atoms with Crippen LogP contribution in [0.25, 0.3) is 0 Å². The summed E-state index contributed by atoms with van der Waals surface area (Å²) in [5.41, 5.74) is 0.153. The van der Waals surface area contributed by atoms with Crippen molar-refractivity contribution in [2.75, 3.05) is 24.3 Å². The van der Waals surface area contributed by atoms with Crippen molar-refractivity contribution in [3.8, 4) is 5.75 Å². The summed E-state index contributed by atoms with van der Waals surface area (Å²) < 4.78 is 71.6. The van der Waals surface area contributed by atoms with Crippen molar-refractivity contribution in [1.29, 1.82) is 0 Å². The number of para-hydroxylation sites is 1. The van der Waals surface area contributed by atoms with Gasteiger partial charge in [0.2, 0.25) is 0 Å². The van der Waals surface area contributed by atoms with Crippen molar-refractivity contribution < 1.29 is 30.5 Å². The Morgan fingerprint density at radius 1 is 1.07 bits per heavy atom. The van der Waals surface area contributed by atoms with E-state index in [1.165, 1.54) is 12.1 Å². The predicted octanol–water partition coefficient (Wildman–Crippen LogP) is 3.71. The van der Waals surface area contributed by atoms with Crippen LogP contribution in [0.2, 0.25) is 0 Å². The van der Waals surface area contributed by atoms with Crippen LogP contribution in [0.5, 0.6) is 5.75 Å². The number of alkyl halides is 3. The fourth-order valence-electron chi connectivity index (χ4n) is 3.17. The molecule has 0 aromatic heterocycles. The van der Waals surface area contributed by atoms with Crippen molar-refractivity contribution in [1.82, 2.24) is 0 Å². The standard InChI is InChI=1S/C19H20F3NO4S/c1-28(24,25)26-13-16-11-18(12-23(16)15-5-3-2-4-6-15)27-17-9-7-14(8-10-17)19(20,21)22/h2-10,16,18H,11-13H2,1H3/t16-,18-/m0/s1. The van der Waals surface area contributed by atoms with Crippen LogP contribution in [0.15, 0.2) is 54.6 Å². The van der Waals surface area contributed by atoms with E-state index in [0.717, 1.165) is 24.1 Å². The first-order chi connectivity index (χ1) is 13.1. The molecule has 0 saturated carbocycles. The quantitative estimate of drug-likeness (QED) is 0.674. The van der Waals surface area contributed by atoms with Crippen LogP contribution in [0, 0.1) is 0 Å². The number of hydrogen-bond donors (Lipinski definition) is 0. The second kappa shape index (κ2) is 8.00. The molecule has 152 valence electrons. The van der Waals surface area contributed by atoms with Crippen molar-refractivity contribution in [2.24, 2.45) is 0 Å². The molecule has 2 aromatic carbocycles. The van der Waals surface area contributed by atoms with Gasteiger partial charge >= 0.3 is 6.18 Å². The first-order valence-corrected chi connectivity index (χ1v) is 10.4. The smallest absolute Gasteiger partial charge is 0.416 e. The fraction of sp³-hybridized carbons (Fsp3) is 0.368. The van der Waals surface area contributed by atoms with E-state index < -0.39 is 21.9 Å². The zero-order valence-corrected chi connectivity index (χ0v) is 15.9. The lowest BCUT2D eigenvalue weighted by Crippen LogP contribution is -2.34. The molecule has 0 aliphatic carbocycles. The number of anilines is 1. The van der Waals surface area contributed by atoms with Crippen LogP contribution in [-0.2, 0) is 20.5 Å². The highest BCUT2D eigenvalue weighted by molar-refractivity contribution is 7.85. The monoisotopic (exact) mass is 415 g/mol. The van der Waals surface area contributed by atoms with E-state index in [0.29, 0.717) is 18.7 Å². The Morgan fingerprint density at radius 2 is 1.71 bits per heavy atom. The van der Waals surface area contributed by atoms with Gasteiger partial charge in [0.15, 0.2) is 0 Å². The Morgan fingerprint density at radius 3 is 2.29 bits per heavy atom. The molecule has 2 atom stereocenters. The minimum absolute atomic E-state index is 0.0272. The van der Waals surface area contributed by atoms with Crippen molar-refractivity contribution >= 4 is 15.8 Å². The Hall–Kier alpha value is -2.26. The summed E-state index contributed by atoms with van der Waals surface area (Å²) in [4.78, 5) is 1.99. The minimum Gasteiger partial charge on any atom is -0.489 e. The van der Waals surface area contributed by atoms with Gasteiger partial charge in [-0.2, -0.15) is 21.6 Å². The van der Waals surface area contributed by atoms with E-state index in [2.05, 4.69) is 0 Å². The van der Waals surface area contributed by atoms with Gasteiger partial charge in [0, 0.05) is 12.1 Å². The van der Waals surface area contributed by atoms with Crippen molar-refractivity contribution in [3.05, 3.63) is 60.2 Å². The highest BCUT2D eigenvalue weighted by Gasteiger charge is 2.35. The SMILES string of the molecule is CS(=O)(=O)OC[C@@H]1C[C@H](Oc2ccc(C(F)(F)F)cc2)CN1c1ccccc1. The largest absolute Gasteiger partial charge is 0.489 e. The van der Waals surface area contributed by atoms with Crippen LogP contribution in [0.1, 0.15) is 12.0 Å². The van der Waals surface area contributed by atoms with Gasteiger partial charge in [-0.15, -0.1) is 0 Å². The lowest BCUT2D eigenvalue weighted by Gasteiger charge is -2.25. The molecule has 9 heteroatoms. The van der Waals surface area contributed by atoms with E-state index in [1.807, 2.05) is 35.2 Å². The molecule has 0 radical (unpaired) electrons. The van der Waals surface area contributed by atoms with Gasteiger partial charge in [0.05, 0.1) is 31.0 Å². The van der Waals surface area contributed by atoms with Crippen LogP contribution < -0.4 is 9.64 Å².